The highest BCUT2D eigenvalue weighted by Crippen LogP contribution is 2.18. The Bertz CT molecular complexity index is 1280. The molecule has 2 aromatic rings. The van der Waals surface area contributed by atoms with Crippen molar-refractivity contribution >= 4 is 46.7 Å². The molecule has 0 aliphatic rings. The number of para-hydroxylation sites is 1. The molecule has 0 unspecified atom stereocenters. The minimum absolute atomic E-state index is 0.0246. The van der Waals surface area contributed by atoms with Gasteiger partial charge < -0.3 is 48.2 Å². The average Bonchev–Trinajstić information content (AvgIpc) is 3.41. The topological polar surface area (TPSA) is 244 Å². The maximum atomic E-state index is 13.4. The highest BCUT2D eigenvalue weighted by molar-refractivity contribution is 5.94. The first-order valence-electron chi connectivity index (χ1n) is 14.9. The molecule has 14 heteroatoms. The lowest BCUT2D eigenvalue weighted by Gasteiger charge is -2.27. The average molecular weight is 615 g/mol. The number of unbranched alkanes of at least 4 members (excludes halogenated alkanes) is 1. The molecule has 0 radical (unpaired) electrons. The van der Waals surface area contributed by atoms with E-state index in [0.717, 1.165) is 16.5 Å². The van der Waals surface area contributed by atoms with E-state index in [1.807, 2.05) is 31.2 Å². The lowest BCUT2D eigenvalue weighted by Crippen LogP contribution is -2.57. The molecule has 44 heavy (non-hydrogen) atoms. The number of hydrogen-bond acceptors (Lipinski definition) is 8. The van der Waals surface area contributed by atoms with Crippen molar-refractivity contribution in [2.45, 2.75) is 83.0 Å². The largest absolute Gasteiger partial charge is 0.370 e. The lowest BCUT2D eigenvalue weighted by atomic mass is 9.97. The van der Waals surface area contributed by atoms with Gasteiger partial charge in [0.15, 0.2) is 0 Å². The number of nitrogens with one attached hydrogen (secondary N) is 5. The van der Waals surface area contributed by atoms with E-state index < -0.39 is 60.2 Å². The van der Waals surface area contributed by atoms with Gasteiger partial charge in [-0.25, -0.2) is 0 Å². The summed E-state index contributed by atoms with van der Waals surface area (Å²) in [6.45, 7) is 3.61. The van der Waals surface area contributed by atoms with Gasteiger partial charge in [0.05, 0.1) is 18.6 Å². The Morgan fingerprint density at radius 1 is 0.977 bits per heavy atom. The second kappa shape index (κ2) is 18.4. The summed E-state index contributed by atoms with van der Waals surface area (Å²) in [5.74, 6) is -3.25. The number of amides is 5. The smallest absolute Gasteiger partial charge is 0.243 e. The second-order valence-electron chi connectivity index (χ2n) is 10.9. The standard InChI is InChI=1S/C30H46N8O6/c1-3-18(2)27(30(44)37-24(10-6-7-13-31)29(43)36-20(17-39)11-12-25(33)40)38-26(41)16-35-28(42)22(32)14-19-15-34-23-9-5-4-8-21(19)23/h4-5,8-9,15,17-18,20,22,24,27,34H,3,6-7,10-14,16,31-32H2,1-2H3,(H2,33,40)(H,35,42)(H,36,43)(H,37,44)(H,38,41)/t18-,20-,22-,24-,27-/m0/s1. The number of benzene rings is 1. The van der Waals surface area contributed by atoms with Crippen LogP contribution in [0, 0.1) is 5.92 Å². The monoisotopic (exact) mass is 614 g/mol. The van der Waals surface area contributed by atoms with Gasteiger partial charge in [0, 0.05) is 23.5 Å². The van der Waals surface area contributed by atoms with Crippen molar-refractivity contribution < 1.29 is 28.8 Å². The molecule has 0 fully saturated rings. The number of aromatic nitrogens is 1. The van der Waals surface area contributed by atoms with Crippen LogP contribution in [0.3, 0.4) is 0 Å². The number of aromatic amines is 1. The van der Waals surface area contributed by atoms with E-state index in [4.69, 9.17) is 17.2 Å². The molecule has 5 atom stereocenters. The molecule has 0 bridgehead atoms. The number of fused-ring (bicyclic) bond motifs is 1. The van der Waals surface area contributed by atoms with Gasteiger partial charge in [0.1, 0.15) is 18.4 Å². The van der Waals surface area contributed by atoms with Gasteiger partial charge in [-0.3, -0.25) is 24.0 Å². The summed E-state index contributed by atoms with van der Waals surface area (Å²) >= 11 is 0. The van der Waals surface area contributed by atoms with Crippen molar-refractivity contribution in [3.05, 3.63) is 36.0 Å². The predicted octanol–water partition coefficient (Wildman–Crippen LogP) is -0.752. The van der Waals surface area contributed by atoms with E-state index in [1.165, 1.54) is 0 Å². The molecule has 14 nitrogen and oxygen atoms in total. The van der Waals surface area contributed by atoms with E-state index in [1.54, 1.807) is 13.1 Å². The second-order valence-corrected chi connectivity index (χ2v) is 10.9. The summed E-state index contributed by atoms with van der Waals surface area (Å²) in [7, 11) is 0. The molecular formula is C30H46N8O6. The minimum Gasteiger partial charge on any atom is -0.370 e. The van der Waals surface area contributed by atoms with Crippen molar-refractivity contribution in [1.29, 1.82) is 0 Å². The maximum Gasteiger partial charge on any atom is 0.243 e. The van der Waals surface area contributed by atoms with Gasteiger partial charge in [0.2, 0.25) is 29.5 Å². The number of hydrogen-bond donors (Lipinski definition) is 8. The fourth-order valence-corrected chi connectivity index (χ4v) is 4.63. The Labute approximate surface area is 257 Å². The van der Waals surface area contributed by atoms with Crippen LogP contribution < -0.4 is 38.5 Å². The minimum atomic E-state index is -1.02. The predicted molar refractivity (Wildman–Crippen MR) is 166 cm³/mol. The van der Waals surface area contributed by atoms with Crippen LogP contribution in [0.4, 0.5) is 0 Å². The molecule has 1 aromatic heterocycles. The fraction of sp³-hybridized carbons (Fsp3) is 0.533. The van der Waals surface area contributed by atoms with E-state index >= 15 is 0 Å². The summed E-state index contributed by atoms with van der Waals surface area (Å²) < 4.78 is 0. The molecule has 0 aliphatic carbocycles. The first kappa shape index (κ1) is 35.9. The zero-order valence-corrected chi connectivity index (χ0v) is 25.4. The van der Waals surface area contributed by atoms with Crippen molar-refractivity contribution in [3.8, 4) is 0 Å². The van der Waals surface area contributed by atoms with Crippen molar-refractivity contribution in [2.75, 3.05) is 13.1 Å². The van der Waals surface area contributed by atoms with E-state index in [2.05, 4.69) is 26.3 Å². The van der Waals surface area contributed by atoms with Crippen LogP contribution >= 0.6 is 0 Å². The van der Waals surface area contributed by atoms with Crippen LogP contribution in [0.15, 0.2) is 30.5 Å². The van der Waals surface area contributed by atoms with Gasteiger partial charge in [0.25, 0.3) is 0 Å². The molecule has 0 saturated heterocycles. The highest BCUT2D eigenvalue weighted by Gasteiger charge is 2.30. The molecule has 0 aliphatic heterocycles. The maximum absolute atomic E-state index is 13.4. The molecule has 1 heterocycles. The van der Waals surface area contributed by atoms with Crippen molar-refractivity contribution in [3.63, 3.8) is 0 Å². The summed E-state index contributed by atoms with van der Waals surface area (Å²) in [5, 5.41) is 11.4. The highest BCUT2D eigenvalue weighted by atomic mass is 16.2. The molecular weight excluding hydrogens is 568 g/mol. The number of aldehydes is 1. The van der Waals surface area contributed by atoms with Crippen LogP contribution in [0.2, 0.25) is 0 Å². The number of nitrogens with two attached hydrogens (primary N) is 3. The van der Waals surface area contributed by atoms with Crippen molar-refractivity contribution in [2.24, 2.45) is 23.1 Å². The Balaban J connectivity index is 2.00. The Hall–Kier alpha value is -4.30. The first-order chi connectivity index (χ1) is 21.0. The van der Waals surface area contributed by atoms with Crippen LogP contribution in [0.25, 0.3) is 10.9 Å². The van der Waals surface area contributed by atoms with Gasteiger partial charge in [-0.1, -0.05) is 38.5 Å². The quantitative estimate of drug-likeness (QED) is 0.0695. The third-order valence-electron chi connectivity index (χ3n) is 7.46. The summed E-state index contributed by atoms with van der Waals surface area (Å²) in [6, 6.07) is 3.75. The Morgan fingerprint density at radius 3 is 2.36 bits per heavy atom. The number of rotatable bonds is 20. The Morgan fingerprint density at radius 2 is 1.70 bits per heavy atom. The molecule has 0 spiro atoms. The zero-order valence-electron chi connectivity index (χ0n) is 25.4. The van der Waals surface area contributed by atoms with E-state index in [0.29, 0.717) is 32.1 Å². The third kappa shape index (κ3) is 11.4. The molecule has 0 saturated carbocycles. The Kier molecular flexibility index (Phi) is 15.0. The SMILES string of the molecule is CC[C@H](C)[C@H](NC(=O)CNC(=O)[C@@H](N)Cc1c[nH]c2ccccc12)C(=O)N[C@@H](CCCCN)C(=O)N[C@H](C=O)CCC(N)=O. The van der Waals surface area contributed by atoms with Crippen LogP contribution in [-0.4, -0.2) is 78.1 Å². The summed E-state index contributed by atoms with van der Waals surface area (Å²) in [4.78, 5) is 77.5. The van der Waals surface area contributed by atoms with Gasteiger partial charge in [-0.15, -0.1) is 0 Å². The van der Waals surface area contributed by atoms with Crippen LogP contribution in [-0.2, 0) is 35.2 Å². The number of carbonyl (C=O) groups excluding carboxylic acids is 6. The third-order valence-corrected chi connectivity index (χ3v) is 7.46. The fourth-order valence-electron chi connectivity index (χ4n) is 4.63. The summed E-state index contributed by atoms with van der Waals surface area (Å²) in [5.41, 5.74) is 18.6. The molecule has 1 aromatic carbocycles. The lowest BCUT2D eigenvalue weighted by molar-refractivity contribution is -0.134. The van der Waals surface area contributed by atoms with Gasteiger partial charge >= 0.3 is 0 Å². The van der Waals surface area contributed by atoms with Crippen LogP contribution in [0.5, 0.6) is 0 Å². The molecule has 2 rings (SSSR count). The van der Waals surface area contributed by atoms with Gasteiger partial charge in [-0.2, -0.15) is 0 Å². The summed E-state index contributed by atoms with van der Waals surface area (Å²) in [6.07, 6.45) is 4.38. The molecule has 11 N–H and O–H groups in total. The van der Waals surface area contributed by atoms with E-state index in [-0.39, 0.29) is 31.6 Å². The van der Waals surface area contributed by atoms with Gasteiger partial charge in [-0.05, 0) is 56.2 Å². The van der Waals surface area contributed by atoms with Crippen LogP contribution in [0.1, 0.15) is 57.9 Å². The first-order valence-corrected chi connectivity index (χ1v) is 14.9. The normalized spacial score (nSPS) is 14.5. The number of primary amides is 1. The molecule has 242 valence electrons. The number of H-pyrrole nitrogens is 1. The zero-order chi connectivity index (χ0) is 32.6. The van der Waals surface area contributed by atoms with E-state index in [9.17, 15) is 28.8 Å². The molecule has 5 amide bonds. The van der Waals surface area contributed by atoms with Crippen molar-refractivity contribution in [1.82, 2.24) is 26.3 Å². The number of carbonyl (C=O) groups is 6.